The Morgan fingerprint density at radius 1 is 1.56 bits per heavy atom. The fraction of sp³-hybridized carbons (Fsp3) is 1.00. The van der Waals surface area contributed by atoms with Crippen molar-refractivity contribution in [2.45, 2.75) is 12.1 Å². The highest BCUT2D eigenvalue weighted by Crippen LogP contribution is 2.05. The molecule has 0 spiro atoms. The Balaban J connectivity index is 2.38. The van der Waals surface area contributed by atoms with E-state index in [-0.39, 0.29) is 12.1 Å². The maximum atomic E-state index is 9.26. The monoisotopic (exact) mass is 130 g/mol. The first-order valence-corrected chi connectivity index (χ1v) is 3.28. The van der Waals surface area contributed by atoms with Crippen molar-refractivity contribution in [1.82, 2.24) is 10.2 Å². The molecule has 2 unspecified atom stereocenters. The first-order valence-electron chi connectivity index (χ1n) is 3.28. The SMILES string of the molecule is CNC1CN(C)CC1O. The van der Waals surface area contributed by atoms with E-state index in [4.69, 9.17) is 0 Å². The van der Waals surface area contributed by atoms with Crippen LogP contribution in [0.5, 0.6) is 0 Å². The Morgan fingerprint density at radius 3 is 2.44 bits per heavy atom. The average molecular weight is 130 g/mol. The minimum Gasteiger partial charge on any atom is -0.390 e. The van der Waals surface area contributed by atoms with Crippen molar-refractivity contribution in [1.29, 1.82) is 0 Å². The van der Waals surface area contributed by atoms with Crippen LogP contribution >= 0.6 is 0 Å². The number of rotatable bonds is 1. The number of aliphatic hydroxyl groups excluding tert-OH is 1. The van der Waals surface area contributed by atoms with E-state index in [0.29, 0.717) is 0 Å². The second-order valence-electron chi connectivity index (χ2n) is 2.68. The molecule has 0 aromatic carbocycles. The molecule has 0 saturated carbocycles. The van der Waals surface area contributed by atoms with Gasteiger partial charge in [-0.3, -0.25) is 0 Å². The van der Waals surface area contributed by atoms with Crippen LogP contribution < -0.4 is 5.32 Å². The molecule has 0 aromatic heterocycles. The normalized spacial score (nSPS) is 37.7. The van der Waals surface area contributed by atoms with Gasteiger partial charge in [0.1, 0.15) is 0 Å². The zero-order chi connectivity index (χ0) is 6.85. The standard InChI is InChI=1S/C6H14N2O/c1-7-5-3-8(2)4-6(5)9/h5-7,9H,3-4H2,1-2H3. The van der Waals surface area contributed by atoms with Gasteiger partial charge in [-0.25, -0.2) is 0 Å². The number of hydrogen-bond acceptors (Lipinski definition) is 3. The van der Waals surface area contributed by atoms with Gasteiger partial charge in [0.15, 0.2) is 0 Å². The minimum absolute atomic E-state index is 0.181. The Hall–Kier alpha value is -0.120. The molecule has 1 saturated heterocycles. The molecule has 3 heteroatoms. The number of nitrogens with one attached hydrogen (secondary N) is 1. The van der Waals surface area contributed by atoms with Gasteiger partial charge in [0.05, 0.1) is 6.10 Å². The zero-order valence-electron chi connectivity index (χ0n) is 5.96. The summed E-state index contributed by atoms with van der Waals surface area (Å²) in [6.45, 7) is 1.75. The van der Waals surface area contributed by atoms with E-state index < -0.39 is 0 Å². The molecule has 9 heavy (non-hydrogen) atoms. The van der Waals surface area contributed by atoms with Crippen molar-refractivity contribution in [3.63, 3.8) is 0 Å². The van der Waals surface area contributed by atoms with Gasteiger partial charge in [-0.15, -0.1) is 0 Å². The van der Waals surface area contributed by atoms with Crippen molar-refractivity contribution in [2.75, 3.05) is 27.2 Å². The van der Waals surface area contributed by atoms with E-state index in [9.17, 15) is 5.11 Å². The van der Waals surface area contributed by atoms with E-state index in [1.807, 2.05) is 14.1 Å². The summed E-state index contributed by atoms with van der Waals surface area (Å²) in [4.78, 5) is 2.12. The Kier molecular flexibility index (Phi) is 2.05. The highest BCUT2D eigenvalue weighted by atomic mass is 16.3. The molecule has 0 amide bonds. The molecule has 1 aliphatic rings. The molecule has 2 atom stereocenters. The molecule has 1 rings (SSSR count). The van der Waals surface area contributed by atoms with Crippen molar-refractivity contribution in [3.05, 3.63) is 0 Å². The molecule has 0 aliphatic carbocycles. The Labute approximate surface area is 55.7 Å². The summed E-state index contributed by atoms with van der Waals surface area (Å²) in [6, 6.07) is 0.273. The van der Waals surface area contributed by atoms with Gasteiger partial charge in [-0.1, -0.05) is 0 Å². The largest absolute Gasteiger partial charge is 0.390 e. The van der Waals surface area contributed by atoms with Gasteiger partial charge >= 0.3 is 0 Å². The summed E-state index contributed by atoms with van der Waals surface area (Å²) in [5.41, 5.74) is 0. The molecular formula is C6H14N2O. The van der Waals surface area contributed by atoms with Crippen LogP contribution in [-0.2, 0) is 0 Å². The highest BCUT2D eigenvalue weighted by molar-refractivity contribution is 4.85. The lowest BCUT2D eigenvalue weighted by Gasteiger charge is -2.10. The molecule has 0 bridgehead atoms. The summed E-state index contributed by atoms with van der Waals surface area (Å²) >= 11 is 0. The quantitative estimate of drug-likeness (QED) is 0.472. The predicted octanol–water partition coefficient (Wildman–Crippen LogP) is -1.12. The van der Waals surface area contributed by atoms with Crippen molar-refractivity contribution < 1.29 is 5.11 Å². The molecule has 3 nitrogen and oxygen atoms in total. The van der Waals surface area contributed by atoms with Crippen LogP contribution in [-0.4, -0.2) is 49.3 Å². The maximum Gasteiger partial charge on any atom is 0.0832 e. The van der Waals surface area contributed by atoms with Crippen LogP contribution in [0.4, 0.5) is 0 Å². The fourth-order valence-corrected chi connectivity index (χ4v) is 1.26. The van der Waals surface area contributed by atoms with Crippen molar-refractivity contribution in [2.24, 2.45) is 0 Å². The summed E-state index contributed by atoms with van der Waals surface area (Å²) in [6.07, 6.45) is -0.181. The fourth-order valence-electron chi connectivity index (χ4n) is 1.26. The van der Waals surface area contributed by atoms with Crippen LogP contribution in [0.1, 0.15) is 0 Å². The van der Waals surface area contributed by atoms with Crippen LogP contribution in [0.2, 0.25) is 0 Å². The van der Waals surface area contributed by atoms with Crippen LogP contribution in [0.25, 0.3) is 0 Å². The third-order valence-corrected chi connectivity index (χ3v) is 1.84. The number of hydrogen-bond donors (Lipinski definition) is 2. The molecule has 2 N–H and O–H groups in total. The second-order valence-corrected chi connectivity index (χ2v) is 2.68. The topological polar surface area (TPSA) is 35.5 Å². The van der Waals surface area contributed by atoms with E-state index >= 15 is 0 Å². The van der Waals surface area contributed by atoms with E-state index in [2.05, 4.69) is 10.2 Å². The molecule has 54 valence electrons. The molecule has 0 radical (unpaired) electrons. The lowest BCUT2D eigenvalue weighted by atomic mass is 10.2. The molecule has 0 aromatic rings. The van der Waals surface area contributed by atoms with E-state index in [0.717, 1.165) is 13.1 Å². The second kappa shape index (κ2) is 2.64. The molecule has 1 aliphatic heterocycles. The van der Waals surface area contributed by atoms with Crippen molar-refractivity contribution >= 4 is 0 Å². The first kappa shape index (κ1) is 6.99. The molecule has 1 heterocycles. The number of nitrogens with zero attached hydrogens (tertiary/aromatic N) is 1. The number of likely N-dealkylation sites (tertiary alicyclic amines) is 1. The third kappa shape index (κ3) is 1.41. The van der Waals surface area contributed by atoms with Gasteiger partial charge in [-0.05, 0) is 14.1 Å². The summed E-state index contributed by atoms with van der Waals surface area (Å²) in [5, 5.41) is 12.3. The minimum atomic E-state index is -0.181. The van der Waals surface area contributed by atoms with Crippen LogP contribution in [0.3, 0.4) is 0 Å². The summed E-state index contributed by atoms with van der Waals surface area (Å²) < 4.78 is 0. The van der Waals surface area contributed by atoms with Gasteiger partial charge < -0.3 is 15.3 Å². The van der Waals surface area contributed by atoms with Crippen LogP contribution in [0, 0.1) is 0 Å². The summed E-state index contributed by atoms with van der Waals surface area (Å²) in [7, 11) is 3.90. The maximum absolute atomic E-state index is 9.26. The highest BCUT2D eigenvalue weighted by Gasteiger charge is 2.26. The Morgan fingerprint density at radius 2 is 2.22 bits per heavy atom. The summed E-state index contributed by atoms with van der Waals surface area (Å²) in [5.74, 6) is 0. The molecule has 1 fully saturated rings. The van der Waals surface area contributed by atoms with Gasteiger partial charge in [0, 0.05) is 19.1 Å². The number of β-amino-alcohol motifs (C(OH)–C–C–N with tert-alkyl or cyclic N) is 1. The number of likely N-dealkylation sites (N-methyl/N-ethyl adjacent to an activating group) is 2. The third-order valence-electron chi connectivity index (χ3n) is 1.84. The predicted molar refractivity (Wildman–Crippen MR) is 36.4 cm³/mol. The smallest absolute Gasteiger partial charge is 0.0832 e. The Bertz CT molecular complexity index is 97.1. The van der Waals surface area contributed by atoms with Gasteiger partial charge in [0.2, 0.25) is 0 Å². The van der Waals surface area contributed by atoms with E-state index in [1.165, 1.54) is 0 Å². The average Bonchev–Trinajstić information content (AvgIpc) is 2.10. The van der Waals surface area contributed by atoms with Gasteiger partial charge in [0.25, 0.3) is 0 Å². The van der Waals surface area contributed by atoms with E-state index in [1.54, 1.807) is 0 Å². The lowest BCUT2D eigenvalue weighted by Crippen LogP contribution is -2.36. The van der Waals surface area contributed by atoms with Gasteiger partial charge in [-0.2, -0.15) is 0 Å². The van der Waals surface area contributed by atoms with Crippen molar-refractivity contribution in [3.8, 4) is 0 Å². The molecular weight excluding hydrogens is 116 g/mol. The zero-order valence-corrected chi connectivity index (χ0v) is 5.96. The number of aliphatic hydroxyl groups is 1. The first-order chi connectivity index (χ1) is 4.24. The lowest BCUT2D eigenvalue weighted by molar-refractivity contribution is 0.160. The van der Waals surface area contributed by atoms with Crippen LogP contribution in [0.15, 0.2) is 0 Å².